The Labute approximate surface area is 101 Å². The highest BCUT2D eigenvalue weighted by atomic mass is 35.5. The fraction of sp³-hybridized carbons (Fsp3) is 0.818. The van der Waals surface area contributed by atoms with Gasteiger partial charge in [0.2, 0.25) is 5.91 Å². The van der Waals surface area contributed by atoms with Gasteiger partial charge in [0.15, 0.2) is 0 Å². The average Bonchev–Trinajstić information content (AvgIpc) is 2.28. The number of halogens is 1. The lowest BCUT2D eigenvalue weighted by Gasteiger charge is -2.21. The molecule has 2 N–H and O–H groups in total. The largest absolute Gasteiger partial charge is 0.338 e. The van der Waals surface area contributed by atoms with Gasteiger partial charge in [0.05, 0.1) is 0 Å². The summed E-state index contributed by atoms with van der Waals surface area (Å²) in [6.45, 7) is 0.667. The second kappa shape index (κ2) is 7.49. The molecule has 0 atom stereocenters. The van der Waals surface area contributed by atoms with E-state index in [9.17, 15) is 9.59 Å². The third kappa shape index (κ3) is 5.35. The van der Waals surface area contributed by atoms with E-state index in [1.54, 1.807) is 0 Å². The Balaban J connectivity index is 2.11. The van der Waals surface area contributed by atoms with Crippen LogP contribution in [0.5, 0.6) is 0 Å². The number of nitrogens with one attached hydrogen (secondary N) is 2. The summed E-state index contributed by atoms with van der Waals surface area (Å²) in [5, 5.41) is 4.97. The Morgan fingerprint density at radius 2 is 1.88 bits per heavy atom. The Morgan fingerprint density at radius 1 is 1.19 bits per heavy atom. The van der Waals surface area contributed by atoms with Crippen molar-refractivity contribution in [3.63, 3.8) is 0 Å². The Morgan fingerprint density at radius 3 is 2.50 bits per heavy atom. The highest BCUT2D eigenvalue weighted by molar-refractivity contribution is 6.19. The van der Waals surface area contributed by atoms with Gasteiger partial charge in [-0.05, 0) is 18.8 Å². The van der Waals surface area contributed by atoms with E-state index in [2.05, 4.69) is 10.6 Å². The first-order chi connectivity index (χ1) is 7.72. The zero-order valence-electron chi connectivity index (χ0n) is 9.43. The highest BCUT2D eigenvalue weighted by Gasteiger charge is 2.14. The standard InChI is InChI=1S/C11H19ClN2O2/c12-7-6-10(15)14-11(16)13-8-9-4-2-1-3-5-9/h9H,1-8H2,(H2,13,14,15,16). The van der Waals surface area contributed by atoms with Gasteiger partial charge in [-0.2, -0.15) is 0 Å². The molecule has 1 saturated carbocycles. The molecule has 4 nitrogen and oxygen atoms in total. The summed E-state index contributed by atoms with van der Waals surface area (Å²) in [5.41, 5.74) is 0. The topological polar surface area (TPSA) is 58.2 Å². The Kier molecular flexibility index (Phi) is 6.23. The number of rotatable bonds is 4. The van der Waals surface area contributed by atoms with E-state index in [1.165, 1.54) is 32.1 Å². The molecule has 0 aliphatic heterocycles. The number of carbonyl (C=O) groups excluding carboxylic acids is 2. The Hall–Kier alpha value is -0.770. The summed E-state index contributed by atoms with van der Waals surface area (Å²) in [6.07, 6.45) is 6.33. The van der Waals surface area contributed by atoms with Gasteiger partial charge in [-0.3, -0.25) is 10.1 Å². The Bertz CT molecular complexity index is 240. The van der Waals surface area contributed by atoms with E-state index in [4.69, 9.17) is 11.6 Å². The molecule has 0 aromatic rings. The fourth-order valence-corrected chi connectivity index (χ4v) is 2.12. The minimum absolute atomic E-state index is 0.179. The minimum Gasteiger partial charge on any atom is -0.338 e. The van der Waals surface area contributed by atoms with Crippen LogP contribution in [0, 0.1) is 5.92 Å². The molecule has 0 heterocycles. The van der Waals surface area contributed by atoms with Gasteiger partial charge in [0.1, 0.15) is 0 Å². The number of hydrogen-bond donors (Lipinski definition) is 2. The molecule has 0 radical (unpaired) electrons. The maximum Gasteiger partial charge on any atom is 0.321 e. The minimum atomic E-state index is -0.402. The van der Waals surface area contributed by atoms with Gasteiger partial charge in [0, 0.05) is 18.8 Å². The first kappa shape index (κ1) is 13.3. The van der Waals surface area contributed by atoms with E-state index in [-0.39, 0.29) is 18.2 Å². The molecule has 0 bridgehead atoms. The highest BCUT2D eigenvalue weighted by Crippen LogP contribution is 2.22. The van der Waals surface area contributed by atoms with Crippen molar-refractivity contribution < 1.29 is 9.59 Å². The summed E-state index contributed by atoms with van der Waals surface area (Å²) < 4.78 is 0. The molecular weight excluding hydrogens is 228 g/mol. The van der Waals surface area contributed by atoms with Crippen molar-refractivity contribution in [2.75, 3.05) is 12.4 Å². The molecule has 0 unspecified atom stereocenters. The third-order valence-electron chi connectivity index (χ3n) is 2.85. The van der Waals surface area contributed by atoms with Crippen molar-refractivity contribution in [2.24, 2.45) is 5.92 Å². The van der Waals surface area contributed by atoms with Crippen LogP contribution in [0.15, 0.2) is 0 Å². The van der Waals surface area contributed by atoms with Crippen LogP contribution in [-0.2, 0) is 4.79 Å². The maximum absolute atomic E-state index is 11.3. The van der Waals surface area contributed by atoms with Crippen LogP contribution in [-0.4, -0.2) is 24.4 Å². The monoisotopic (exact) mass is 246 g/mol. The summed E-state index contributed by atoms with van der Waals surface area (Å²) in [4.78, 5) is 22.3. The van der Waals surface area contributed by atoms with Gasteiger partial charge < -0.3 is 5.32 Å². The normalized spacial score (nSPS) is 16.8. The molecule has 5 heteroatoms. The zero-order chi connectivity index (χ0) is 11.8. The second-order valence-electron chi connectivity index (χ2n) is 4.20. The van der Waals surface area contributed by atoms with Crippen LogP contribution < -0.4 is 10.6 Å². The van der Waals surface area contributed by atoms with Gasteiger partial charge in [-0.1, -0.05) is 19.3 Å². The first-order valence-electron chi connectivity index (χ1n) is 5.86. The summed E-state index contributed by atoms with van der Waals surface area (Å²) in [6, 6.07) is -0.402. The molecule has 0 aromatic heterocycles. The lowest BCUT2D eigenvalue weighted by atomic mass is 9.89. The van der Waals surface area contributed by atoms with Crippen molar-refractivity contribution >= 4 is 23.5 Å². The quantitative estimate of drug-likeness (QED) is 0.746. The van der Waals surface area contributed by atoms with E-state index < -0.39 is 6.03 Å². The zero-order valence-corrected chi connectivity index (χ0v) is 10.2. The maximum atomic E-state index is 11.3. The molecule has 16 heavy (non-hydrogen) atoms. The van der Waals surface area contributed by atoms with Crippen molar-refractivity contribution in [1.29, 1.82) is 0 Å². The molecule has 0 spiro atoms. The van der Waals surface area contributed by atoms with E-state index in [1.807, 2.05) is 0 Å². The number of carbonyl (C=O) groups is 2. The average molecular weight is 247 g/mol. The predicted octanol–water partition coefficient (Wildman–Crippen LogP) is 2.02. The number of amides is 3. The van der Waals surface area contributed by atoms with Gasteiger partial charge in [0.25, 0.3) is 0 Å². The second-order valence-corrected chi connectivity index (χ2v) is 4.58. The molecule has 0 aromatic carbocycles. The van der Waals surface area contributed by atoms with Crippen LogP contribution in [0.2, 0.25) is 0 Å². The molecule has 0 saturated heterocycles. The van der Waals surface area contributed by atoms with Crippen LogP contribution in [0.3, 0.4) is 0 Å². The molecule has 1 aliphatic rings. The van der Waals surface area contributed by atoms with Crippen molar-refractivity contribution in [3.05, 3.63) is 0 Å². The number of hydrogen-bond acceptors (Lipinski definition) is 2. The van der Waals surface area contributed by atoms with E-state index in [0.717, 1.165) is 0 Å². The SMILES string of the molecule is O=C(CCCl)NC(=O)NCC1CCCCC1. The van der Waals surface area contributed by atoms with Crippen molar-refractivity contribution in [3.8, 4) is 0 Å². The molecule has 1 rings (SSSR count). The lowest BCUT2D eigenvalue weighted by Crippen LogP contribution is -2.41. The molecule has 3 amide bonds. The van der Waals surface area contributed by atoms with Crippen molar-refractivity contribution in [1.82, 2.24) is 10.6 Å². The van der Waals surface area contributed by atoms with Gasteiger partial charge >= 0.3 is 6.03 Å². The number of alkyl halides is 1. The summed E-state index contributed by atoms with van der Waals surface area (Å²) >= 11 is 5.39. The molecule has 92 valence electrons. The lowest BCUT2D eigenvalue weighted by molar-refractivity contribution is -0.119. The smallest absolute Gasteiger partial charge is 0.321 e. The number of imide groups is 1. The molecular formula is C11H19ClN2O2. The van der Waals surface area contributed by atoms with Crippen LogP contribution in [0.4, 0.5) is 4.79 Å². The van der Waals surface area contributed by atoms with Crippen LogP contribution >= 0.6 is 11.6 Å². The molecule has 1 fully saturated rings. The van der Waals surface area contributed by atoms with E-state index in [0.29, 0.717) is 12.5 Å². The van der Waals surface area contributed by atoms with Crippen LogP contribution in [0.1, 0.15) is 38.5 Å². The van der Waals surface area contributed by atoms with Crippen LogP contribution in [0.25, 0.3) is 0 Å². The first-order valence-corrected chi connectivity index (χ1v) is 6.39. The molecule has 1 aliphatic carbocycles. The fourth-order valence-electron chi connectivity index (χ4n) is 1.95. The third-order valence-corrected chi connectivity index (χ3v) is 3.04. The van der Waals surface area contributed by atoms with E-state index >= 15 is 0 Å². The summed E-state index contributed by atoms with van der Waals surface area (Å²) in [7, 11) is 0. The van der Waals surface area contributed by atoms with Gasteiger partial charge in [-0.25, -0.2) is 4.79 Å². The number of urea groups is 1. The van der Waals surface area contributed by atoms with Crippen molar-refractivity contribution in [2.45, 2.75) is 38.5 Å². The summed E-state index contributed by atoms with van der Waals surface area (Å²) in [5.74, 6) is 0.487. The predicted molar refractivity (Wildman–Crippen MR) is 63.5 cm³/mol. The van der Waals surface area contributed by atoms with Gasteiger partial charge in [-0.15, -0.1) is 11.6 Å².